The fourth-order valence-electron chi connectivity index (χ4n) is 3.60. The van der Waals surface area contributed by atoms with Gasteiger partial charge in [-0.3, -0.25) is 4.79 Å². The summed E-state index contributed by atoms with van der Waals surface area (Å²) in [6.07, 6.45) is 3.66. The number of fused-ring (bicyclic) bond motifs is 1. The third-order valence-corrected chi connectivity index (χ3v) is 4.33. The quantitative estimate of drug-likeness (QED) is 0.647. The van der Waals surface area contributed by atoms with E-state index in [4.69, 9.17) is 0 Å². The average molecular weight is 269 g/mol. The molecule has 0 spiro atoms. The molecule has 4 atom stereocenters. The Morgan fingerprint density at radius 1 is 1.47 bits per heavy atom. The molecule has 0 aromatic rings. The van der Waals surface area contributed by atoms with E-state index in [1.165, 1.54) is 12.8 Å². The summed E-state index contributed by atoms with van der Waals surface area (Å²) in [4.78, 5) is 14.1. The molecular weight excluding hydrogens is 242 g/mol. The van der Waals surface area contributed by atoms with Crippen LogP contribution in [0.3, 0.4) is 0 Å². The Morgan fingerprint density at radius 2 is 2.21 bits per heavy atom. The zero-order valence-corrected chi connectivity index (χ0v) is 12.3. The van der Waals surface area contributed by atoms with E-state index in [1.807, 2.05) is 19.0 Å². The lowest BCUT2D eigenvalue weighted by molar-refractivity contribution is -0.125. The molecular formula is C14H27N3O2. The van der Waals surface area contributed by atoms with Crippen molar-refractivity contribution in [3.05, 3.63) is 0 Å². The molecule has 0 aromatic carbocycles. The van der Waals surface area contributed by atoms with E-state index in [-0.39, 0.29) is 11.9 Å². The van der Waals surface area contributed by atoms with Crippen LogP contribution in [-0.4, -0.2) is 61.3 Å². The molecule has 2 aliphatic rings. The summed E-state index contributed by atoms with van der Waals surface area (Å²) >= 11 is 0. The predicted octanol–water partition coefficient (Wildman–Crippen LogP) is -0.197. The summed E-state index contributed by atoms with van der Waals surface area (Å²) in [7, 11) is 3.83. The SMILES string of the molecule is CN(C)CC(C)(O)CNC(=O)C1NCC2CCCC21. The van der Waals surface area contributed by atoms with Crippen molar-refractivity contribution in [3.63, 3.8) is 0 Å². The lowest BCUT2D eigenvalue weighted by atomic mass is 9.93. The molecule has 0 bridgehead atoms. The van der Waals surface area contributed by atoms with Crippen molar-refractivity contribution in [2.45, 2.75) is 37.8 Å². The van der Waals surface area contributed by atoms with Crippen molar-refractivity contribution in [1.82, 2.24) is 15.5 Å². The zero-order valence-electron chi connectivity index (χ0n) is 12.3. The van der Waals surface area contributed by atoms with Crippen molar-refractivity contribution >= 4 is 5.91 Å². The number of likely N-dealkylation sites (N-methyl/N-ethyl adjacent to an activating group) is 1. The number of nitrogens with one attached hydrogen (secondary N) is 2. The van der Waals surface area contributed by atoms with Crippen LogP contribution in [0.5, 0.6) is 0 Å². The van der Waals surface area contributed by atoms with E-state index in [0.717, 1.165) is 13.0 Å². The number of nitrogens with zero attached hydrogens (tertiary/aromatic N) is 1. The first-order valence-corrected chi connectivity index (χ1v) is 7.27. The van der Waals surface area contributed by atoms with Gasteiger partial charge in [-0.1, -0.05) is 6.42 Å². The summed E-state index contributed by atoms with van der Waals surface area (Å²) in [6.45, 7) is 3.57. The van der Waals surface area contributed by atoms with Gasteiger partial charge in [-0.05, 0) is 52.2 Å². The molecule has 1 saturated carbocycles. The van der Waals surface area contributed by atoms with E-state index in [2.05, 4.69) is 10.6 Å². The number of hydrogen-bond acceptors (Lipinski definition) is 4. The smallest absolute Gasteiger partial charge is 0.237 e. The highest BCUT2D eigenvalue weighted by atomic mass is 16.3. The number of carbonyl (C=O) groups is 1. The Bertz CT molecular complexity index is 331. The fraction of sp³-hybridized carbons (Fsp3) is 0.929. The van der Waals surface area contributed by atoms with Gasteiger partial charge in [-0.2, -0.15) is 0 Å². The average Bonchev–Trinajstić information content (AvgIpc) is 2.85. The molecule has 0 aromatic heterocycles. The van der Waals surface area contributed by atoms with Crippen molar-refractivity contribution in [1.29, 1.82) is 0 Å². The lowest BCUT2D eigenvalue weighted by Crippen LogP contribution is -2.51. The van der Waals surface area contributed by atoms with E-state index in [0.29, 0.717) is 24.9 Å². The van der Waals surface area contributed by atoms with Crippen LogP contribution in [0.2, 0.25) is 0 Å². The Hall–Kier alpha value is -0.650. The molecule has 1 aliphatic carbocycles. The van der Waals surface area contributed by atoms with E-state index < -0.39 is 5.60 Å². The molecule has 1 amide bonds. The summed E-state index contributed by atoms with van der Waals surface area (Å²) in [5, 5.41) is 16.4. The molecule has 1 saturated heterocycles. The van der Waals surface area contributed by atoms with Crippen molar-refractivity contribution < 1.29 is 9.90 Å². The molecule has 110 valence electrons. The van der Waals surface area contributed by atoms with Gasteiger partial charge in [0.25, 0.3) is 0 Å². The molecule has 3 N–H and O–H groups in total. The van der Waals surface area contributed by atoms with Gasteiger partial charge < -0.3 is 20.6 Å². The summed E-state index contributed by atoms with van der Waals surface area (Å²) in [6, 6.07) is -0.0531. The summed E-state index contributed by atoms with van der Waals surface area (Å²) < 4.78 is 0. The van der Waals surface area contributed by atoms with Crippen LogP contribution in [0.15, 0.2) is 0 Å². The second kappa shape index (κ2) is 5.77. The van der Waals surface area contributed by atoms with Crippen LogP contribution in [0.1, 0.15) is 26.2 Å². The van der Waals surface area contributed by atoms with Crippen LogP contribution >= 0.6 is 0 Å². The van der Waals surface area contributed by atoms with Crippen molar-refractivity contribution in [2.24, 2.45) is 11.8 Å². The first-order valence-electron chi connectivity index (χ1n) is 7.27. The molecule has 5 heteroatoms. The highest BCUT2D eigenvalue weighted by Gasteiger charge is 2.42. The van der Waals surface area contributed by atoms with Crippen LogP contribution in [0, 0.1) is 11.8 Å². The Labute approximate surface area is 115 Å². The Balaban J connectivity index is 1.81. The molecule has 4 unspecified atom stereocenters. The first-order chi connectivity index (χ1) is 8.89. The monoisotopic (exact) mass is 269 g/mol. The minimum atomic E-state index is -0.882. The molecule has 2 rings (SSSR count). The van der Waals surface area contributed by atoms with Gasteiger partial charge >= 0.3 is 0 Å². The topological polar surface area (TPSA) is 64.6 Å². The van der Waals surface area contributed by atoms with Gasteiger partial charge in [0, 0.05) is 13.1 Å². The van der Waals surface area contributed by atoms with Gasteiger partial charge in [0.2, 0.25) is 5.91 Å². The third-order valence-electron chi connectivity index (χ3n) is 4.33. The normalized spacial score (nSPS) is 33.2. The number of amides is 1. The number of hydrogen-bond donors (Lipinski definition) is 3. The molecule has 0 radical (unpaired) electrons. The zero-order chi connectivity index (χ0) is 14.0. The first kappa shape index (κ1) is 14.8. The fourth-order valence-corrected chi connectivity index (χ4v) is 3.60. The Kier molecular flexibility index (Phi) is 4.48. The third kappa shape index (κ3) is 3.68. The second-order valence-electron chi connectivity index (χ2n) is 6.69. The van der Waals surface area contributed by atoms with E-state index >= 15 is 0 Å². The highest BCUT2D eigenvalue weighted by molar-refractivity contribution is 5.82. The number of rotatable bonds is 5. The maximum atomic E-state index is 12.2. The van der Waals surface area contributed by atoms with E-state index in [1.54, 1.807) is 6.92 Å². The molecule has 19 heavy (non-hydrogen) atoms. The van der Waals surface area contributed by atoms with Crippen LogP contribution in [0.25, 0.3) is 0 Å². The lowest BCUT2D eigenvalue weighted by Gasteiger charge is -2.28. The van der Waals surface area contributed by atoms with Gasteiger partial charge in [-0.25, -0.2) is 0 Å². The van der Waals surface area contributed by atoms with Crippen LogP contribution < -0.4 is 10.6 Å². The van der Waals surface area contributed by atoms with Crippen LogP contribution in [-0.2, 0) is 4.79 Å². The van der Waals surface area contributed by atoms with Crippen molar-refractivity contribution in [2.75, 3.05) is 33.7 Å². The van der Waals surface area contributed by atoms with Gasteiger partial charge in [0.1, 0.15) is 0 Å². The highest BCUT2D eigenvalue weighted by Crippen LogP contribution is 2.37. The van der Waals surface area contributed by atoms with Crippen molar-refractivity contribution in [3.8, 4) is 0 Å². The van der Waals surface area contributed by atoms with Crippen LogP contribution in [0.4, 0.5) is 0 Å². The summed E-state index contributed by atoms with van der Waals surface area (Å²) in [5.41, 5.74) is -0.882. The number of carbonyl (C=O) groups excluding carboxylic acids is 1. The van der Waals surface area contributed by atoms with Gasteiger partial charge in [0.15, 0.2) is 0 Å². The second-order valence-corrected chi connectivity index (χ2v) is 6.69. The molecule has 1 heterocycles. The largest absolute Gasteiger partial charge is 0.387 e. The van der Waals surface area contributed by atoms with Gasteiger partial charge in [0.05, 0.1) is 11.6 Å². The number of aliphatic hydroxyl groups is 1. The maximum Gasteiger partial charge on any atom is 0.237 e. The standard InChI is InChI=1S/C14H27N3O2/c1-14(19,9-17(2)3)8-16-13(18)12-11-6-4-5-10(11)7-15-12/h10-12,15,19H,4-9H2,1-3H3,(H,16,18). The predicted molar refractivity (Wildman–Crippen MR) is 74.8 cm³/mol. The van der Waals surface area contributed by atoms with E-state index in [9.17, 15) is 9.90 Å². The Morgan fingerprint density at radius 3 is 2.89 bits per heavy atom. The maximum absolute atomic E-state index is 12.2. The molecule has 5 nitrogen and oxygen atoms in total. The minimum Gasteiger partial charge on any atom is -0.387 e. The molecule has 1 aliphatic heterocycles. The summed E-state index contributed by atoms with van der Waals surface area (Å²) in [5.74, 6) is 1.23. The minimum absolute atomic E-state index is 0.0495. The van der Waals surface area contributed by atoms with Gasteiger partial charge in [-0.15, -0.1) is 0 Å². The molecule has 2 fully saturated rings.